The first kappa shape index (κ1) is 13.6. The van der Waals surface area contributed by atoms with E-state index in [9.17, 15) is 5.11 Å². The normalized spacial score (nSPS) is 24.4. The molecule has 4 nitrogen and oxygen atoms in total. The van der Waals surface area contributed by atoms with Crippen molar-refractivity contribution in [3.63, 3.8) is 0 Å². The topological polar surface area (TPSA) is 50.1 Å². The van der Waals surface area contributed by atoms with E-state index >= 15 is 0 Å². The van der Waals surface area contributed by atoms with Gasteiger partial charge in [-0.05, 0) is 45.7 Å². The summed E-state index contributed by atoms with van der Waals surface area (Å²) in [6.07, 6.45) is 5.39. The molecule has 0 radical (unpaired) electrons. The van der Waals surface area contributed by atoms with E-state index in [-0.39, 0.29) is 6.10 Å². The molecule has 1 aromatic heterocycles. The summed E-state index contributed by atoms with van der Waals surface area (Å²) >= 11 is 0. The van der Waals surface area contributed by atoms with Crippen molar-refractivity contribution in [2.24, 2.45) is 0 Å². The largest absolute Gasteiger partial charge is 0.392 e. The Kier molecular flexibility index (Phi) is 4.78. The zero-order chi connectivity index (χ0) is 13.0. The maximum atomic E-state index is 9.85. The fraction of sp³-hybridized carbons (Fsp3) is 0.786. The SMILES string of the molecule is Cc1cc(C)n(CCCNC2CCCCC2O)n1. The van der Waals surface area contributed by atoms with Crippen molar-refractivity contribution >= 4 is 0 Å². The lowest BCUT2D eigenvalue weighted by Crippen LogP contribution is -2.42. The standard InChI is InChI=1S/C14H25N3O/c1-11-10-12(2)17(16-11)9-5-8-15-13-6-3-4-7-14(13)18/h10,13-15,18H,3-9H2,1-2H3. The van der Waals surface area contributed by atoms with Gasteiger partial charge in [0.2, 0.25) is 0 Å². The number of hydrogen-bond acceptors (Lipinski definition) is 3. The molecule has 1 saturated carbocycles. The Hall–Kier alpha value is -0.870. The molecule has 1 aliphatic carbocycles. The van der Waals surface area contributed by atoms with Crippen molar-refractivity contribution in [1.29, 1.82) is 0 Å². The van der Waals surface area contributed by atoms with Gasteiger partial charge in [0.05, 0.1) is 11.8 Å². The van der Waals surface area contributed by atoms with Crippen molar-refractivity contribution in [1.82, 2.24) is 15.1 Å². The number of rotatable bonds is 5. The molecule has 1 aromatic rings. The van der Waals surface area contributed by atoms with Crippen LogP contribution in [0.5, 0.6) is 0 Å². The number of nitrogens with one attached hydrogen (secondary N) is 1. The zero-order valence-corrected chi connectivity index (χ0v) is 11.5. The molecule has 4 heteroatoms. The lowest BCUT2D eigenvalue weighted by atomic mass is 9.92. The predicted octanol–water partition coefficient (Wildman–Crippen LogP) is 1.78. The van der Waals surface area contributed by atoms with E-state index in [4.69, 9.17) is 0 Å². The number of aliphatic hydroxyl groups is 1. The van der Waals surface area contributed by atoms with Gasteiger partial charge in [-0.15, -0.1) is 0 Å². The third-order valence-corrected chi connectivity index (χ3v) is 3.79. The van der Waals surface area contributed by atoms with Gasteiger partial charge in [0.1, 0.15) is 0 Å². The maximum Gasteiger partial charge on any atom is 0.0693 e. The van der Waals surface area contributed by atoms with Gasteiger partial charge in [0.25, 0.3) is 0 Å². The minimum atomic E-state index is -0.146. The number of aliphatic hydroxyl groups excluding tert-OH is 1. The van der Waals surface area contributed by atoms with Crippen LogP contribution in [0.1, 0.15) is 43.5 Å². The fourth-order valence-electron chi connectivity index (χ4n) is 2.77. The van der Waals surface area contributed by atoms with Gasteiger partial charge in [-0.1, -0.05) is 12.8 Å². The molecule has 0 bridgehead atoms. The number of hydrogen-bond donors (Lipinski definition) is 2. The van der Waals surface area contributed by atoms with E-state index in [2.05, 4.69) is 28.1 Å². The summed E-state index contributed by atoms with van der Waals surface area (Å²) in [5.41, 5.74) is 2.31. The Bertz CT molecular complexity index is 375. The van der Waals surface area contributed by atoms with Gasteiger partial charge in [0.15, 0.2) is 0 Å². The van der Waals surface area contributed by atoms with Crippen molar-refractivity contribution in [2.75, 3.05) is 6.54 Å². The van der Waals surface area contributed by atoms with Gasteiger partial charge in [0, 0.05) is 18.3 Å². The predicted molar refractivity (Wildman–Crippen MR) is 72.6 cm³/mol. The molecular weight excluding hydrogens is 226 g/mol. The van der Waals surface area contributed by atoms with E-state index in [1.54, 1.807) is 0 Å². The average molecular weight is 251 g/mol. The fourth-order valence-corrected chi connectivity index (χ4v) is 2.77. The Morgan fingerprint density at radius 1 is 1.39 bits per heavy atom. The molecule has 2 N–H and O–H groups in total. The first-order valence-corrected chi connectivity index (χ1v) is 7.09. The minimum Gasteiger partial charge on any atom is -0.392 e. The van der Waals surface area contributed by atoms with Crippen molar-refractivity contribution < 1.29 is 5.11 Å². The van der Waals surface area contributed by atoms with Crippen LogP contribution in [0, 0.1) is 13.8 Å². The van der Waals surface area contributed by atoms with Crippen LogP contribution < -0.4 is 5.32 Å². The maximum absolute atomic E-state index is 9.85. The summed E-state index contributed by atoms with van der Waals surface area (Å²) in [6, 6.07) is 2.41. The highest BCUT2D eigenvalue weighted by molar-refractivity contribution is 5.06. The van der Waals surface area contributed by atoms with Crippen LogP contribution in [-0.4, -0.2) is 33.6 Å². The van der Waals surface area contributed by atoms with E-state index < -0.39 is 0 Å². The zero-order valence-electron chi connectivity index (χ0n) is 11.5. The lowest BCUT2D eigenvalue weighted by molar-refractivity contribution is 0.0908. The van der Waals surface area contributed by atoms with Crippen molar-refractivity contribution in [3.8, 4) is 0 Å². The Morgan fingerprint density at radius 3 is 2.83 bits per heavy atom. The molecule has 102 valence electrons. The Morgan fingerprint density at radius 2 is 2.17 bits per heavy atom. The van der Waals surface area contributed by atoms with Gasteiger partial charge in [-0.25, -0.2) is 0 Å². The van der Waals surface area contributed by atoms with Crippen molar-refractivity contribution in [2.45, 2.75) is 64.6 Å². The van der Waals surface area contributed by atoms with Crippen LogP contribution >= 0.6 is 0 Å². The molecule has 0 aromatic carbocycles. The quantitative estimate of drug-likeness (QED) is 0.784. The van der Waals surface area contributed by atoms with Crippen LogP contribution in [0.15, 0.2) is 6.07 Å². The van der Waals surface area contributed by atoms with E-state index in [1.165, 1.54) is 18.5 Å². The minimum absolute atomic E-state index is 0.146. The molecule has 1 fully saturated rings. The monoisotopic (exact) mass is 251 g/mol. The highest BCUT2D eigenvalue weighted by Crippen LogP contribution is 2.18. The molecule has 2 unspecified atom stereocenters. The molecule has 1 heterocycles. The van der Waals surface area contributed by atoms with Gasteiger partial charge in [-0.3, -0.25) is 4.68 Å². The highest BCUT2D eigenvalue weighted by Gasteiger charge is 2.21. The average Bonchev–Trinajstić information content (AvgIpc) is 2.65. The summed E-state index contributed by atoms with van der Waals surface area (Å²) in [5, 5.41) is 17.8. The van der Waals surface area contributed by atoms with Crippen LogP contribution in [0.3, 0.4) is 0 Å². The Balaban J connectivity index is 1.68. The number of aromatic nitrogens is 2. The second-order valence-electron chi connectivity index (χ2n) is 5.42. The molecule has 0 spiro atoms. The summed E-state index contributed by atoms with van der Waals surface area (Å²) in [6.45, 7) is 6.04. The van der Waals surface area contributed by atoms with Crippen LogP contribution in [0.2, 0.25) is 0 Å². The third-order valence-electron chi connectivity index (χ3n) is 3.79. The summed E-state index contributed by atoms with van der Waals surface area (Å²) in [4.78, 5) is 0. The van der Waals surface area contributed by atoms with Crippen LogP contribution in [-0.2, 0) is 6.54 Å². The molecule has 2 rings (SSSR count). The molecule has 0 aliphatic heterocycles. The molecule has 2 atom stereocenters. The molecule has 0 amide bonds. The summed E-state index contributed by atoms with van der Waals surface area (Å²) < 4.78 is 2.06. The highest BCUT2D eigenvalue weighted by atomic mass is 16.3. The molecular formula is C14H25N3O. The number of nitrogens with zero attached hydrogens (tertiary/aromatic N) is 2. The van der Waals surface area contributed by atoms with Crippen LogP contribution in [0.25, 0.3) is 0 Å². The summed E-state index contributed by atoms with van der Waals surface area (Å²) in [7, 11) is 0. The smallest absolute Gasteiger partial charge is 0.0693 e. The second kappa shape index (κ2) is 6.34. The van der Waals surface area contributed by atoms with Gasteiger partial charge < -0.3 is 10.4 Å². The summed E-state index contributed by atoms with van der Waals surface area (Å²) in [5.74, 6) is 0. The molecule has 1 aliphatic rings. The van der Waals surface area contributed by atoms with Crippen LogP contribution in [0.4, 0.5) is 0 Å². The Labute approximate surface area is 109 Å². The van der Waals surface area contributed by atoms with E-state index in [1.807, 2.05) is 6.92 Å². The molecule has 0 saturated heterocycles. The second-order valence-corrected chi connectivity index (χ2v) is 5.42. The number of aryl methyl sites for hydroxylation is 3. The first-order chi connectivity index (χ1) is 8.66. The van der Waals surface area contributed by atoms with E-state index in [0.717, 1.165) is 38.0 Å². The van der Waals surface area contributed by atoms with E-state index in [0.29, 0.717) is 6.04 Å². The third kappa shape index (κ3) is 3.56. The van der Waals surface area contributed by atoms with Gasteiger partial charge >= 0.3 is 0 Å². The van der Waals surface area contributed by atoms with Gasteiger partial charge in [-0.2, -0.15) is 5.10 Å². The molecule has 18 heavy (non-hydrogen) atoms. The van der Waals surface area contributed by atoms with Crippen molar-refractivity contribution in [3.05, 3.63) is 17.5 Å². The first-order valence-electron chi connectivity index (χ1n) is 7.09. The lowest BCUT2D eigenvalue weighted by Gasteiger charge is -2.28.